The van der Waals surface area contributed by atoms with Gasteiger partial charge in [0.25, 0.3) is 0 Å². The SMILES string of the molecule is CC(C)(C)c1ccc2sc3ccc(-c4nc(-c5cccc(-c6ccc7ccc(-c8ccccc8)cc7c6)c5)nc(-c5cccc(-c6cccc7ccccc67)c5)n4)cc3c2c1. The van der Waals surface area contributed by atoms with Crippen LogP contribution in [0.5, 0.6) is 0 Å². The number of benzene rings is 9. The fourth-order valence-electron chi connectivity index (χ4n) is 8.52. The Balaban J connectivity index is 1.06. The Labute approximate surface area is 359 Å². The van der Waals surface area contributed by atoms with Crippen LogP contribution in [0.25, 0.3) is 109 Å². The van der Waals surface area contributed by atoms with E-state index >= 15 is 0 Å². The highest BCUT2D eigenvalue weighted by atomic mass is 32.1. The molecule has 0 aliphatic rings. The minimum absolute atomic E-state index is 0.0468. The molecular formula is C57H41N3S. The van der Waals surface area contributed by atoms with Crippen molar-refractivity contribution in [1.29, 1.82) is 0 Å². The average Bonchev–Trinajstić information content (AvgIpc) is 3.68. The van der Waals surface area contributed by atoms with Gasteiger partial charge in [-0.2, -0.15) is 0 Å². The number of rotatable bonds is 6. The molecule has 61 heavy (non-hydrogen) atoms. The van der Waals surface area contributed by atoms with E-state index < -0.39 is 0 Å². The summed E-state index contributed by atoms with van der Waals surface area (Å²) < 4.78 is 2.53. The molecule has 2 heterocycles. The topological polar surface area (TPSA) is 38.7 Å². The number of hydrogen-bond acceptors (Lipinski definition) is 4. The van der Waals surface area contributed by atoms with E-state index in [1.807, 2.05) is 11.3 Å². The van der Waals surface area contributed by atoms with Crippen LogP contribution in [0.3, 0.4) is 0 Å². The summed E-state index contributed by atoms with van der Waals surface area (Å²) in [6.07, 6.45) is 0. The molecule has 0 atom stereocenters. The monoisotopic (exact) mass is 799 g/mol. The lowest BCUT2D eigenvalue weighted by Crippen LogP contribution is -2.10. The van der Waals surface area contributed by atoms with E-state index in [1.165, 1.54) is 64.0 Å². The molecule has 0 aliphatic heterocycles. The number of thiophene rings is 1. The number of hydrogen-bond donors (Lipinski definition) is 0. The van der Waals surface area contributed by atoms with Gasteiger partial charge in [-0.05, 0) is 121 Å². The second-order valence-corrected chi connectivity index (χ2v) is 18.0. The summed E-state index contributed by atoms with van der Waals surface area (Å²) >= 11 is 1.83. The van der Waals surface area contributed by atoms with Gasteiger partial charge in [-0.3, -0.25) is 0 Å². The average molecular weight is 800 g/mol. The van der Waals surface area contributed by atoms with Crippen molar-refractivity contribution in [3.05, 3.63) is 200 Å². The quantitative estimate of drug-likeness (QED) is 0.168. The zero-order valence-electron chi connectivity index (χ0n) is 34.2. The Bertz CT molecular complexity index is 3460. The highest BCUT2D eigenvalue weighted by molar-refractivity contribution is 7.25. The zero-order chi connectivity index (χ0) is 41.1. The van der Waals surface area contributed by atoms with Crippen LogP contribution in [0, 0.1) is 0 Å². The lowest BCUT2D eigenvalue weighted by molar-refractivity contribution is 0.591. The summed E-state index contributed by atoms with van der Waals surface area (Å²) in [5.74, 6) is 1.92. The molecule has 2 aromatic heterocycles. The van der Waals surface area contributed by atoms with Gasteiger partial charge in [0.15, 0.2) is 17.5 Å². The molecule has 11 rings (SSSR count). The first-order valence-corrected chi connectivity index (χ1v) is 21.6. The summed E-state index contributed by atoms with van der Waals surface area (Å²) in [5, 5.41) is 7.33. The van der Waals surface area contributed by atoms with E-state index in [0.717, 1.165) is 33.4 Å². The molecule has 0 saturated heterocycles. The van der Waals surface area contributed by atoms with Gasteiger partial charge < -0.3 is 0 Å². The smallest absolute Gasteiger partial charge is 0.164 e. The van der Waals surface area contributed by atoms with Crippen LogP contribution >= 0.6 is 11.3 Å². The maximum atomic E-state index is 5.26. The third kappa shape index (κ3) is 6.95. The van der Waals surface area contributed by atoms with Crippen LogP contribution in [0.1, 0.15) is 26.3 Å². The fraction of sp³-hybridized carbons (Fsp3) is 0.0702. The van der Waals surface area contributed by atoms with Crippen molar-refractivity contribution in [2.45, 2.75) is 26.2 Å². The van der Waals surface area contributed by atoms with Crippen molar-refractivity contribution in [3.63, 3.8) is 0 Å². The van der Waals surface area contributed by atoms with Crippen LogP contribution in [0.4, 0.5) is 0 Å². The number of nitrogens with zero attached hydrogens (tertiary/aromatic N) is 3. The van der Waals surface area contributed by atoms with Crippen LogP contribution in [0.15, 0.2) is 194 Å². The normalized spacial score (nSPS) is 11.9. The lowest BCUT2D eigenvalue weighted by atomic mass is 9.86. The molecule has 290 valence electrons. The predicted octanol–water partition coefficient (Wildman–Crippen LogP) is 15.8. The molecule has 0 amide bonds. The Morgan fingerprint density at radius 2 is 0.836 bits per heavy atom. The Hall–Kier alpha value is -7.27. The van der Waals surface area contributed by atoms with Crippen LogP contribution < -0.4 is 0 Å². The molecule has 0 saturated carbocycles. The van der Waals surface area contributed by atoms with Crippen molar-refractivity contribution < 1.29 is 0 Å². The van der Waals surface area contributed by atoms with Crippen LogP contribution in [-0.2, 0) is 5.41 Å². The standard InChI is InChI=1S/C57H41N3S/c1-57(2,3)47-27-29-53-51(35-47)50-34-45(26-28-52(50)61-53)56-59-54(58-55(60-56)44-19-10-17-42(33-44)49-21-11-15-38-14-7-8-20-48(38)49)43-18-9-16-39(30-43)41-25-23-37-22-24-40(31-46(37)32-41)36-12-5-4-6-13-36/h4-35H,1-3H3. The van der Waals surface area contributed by atoms with Gasteiger partial charge >= 0.3 is 0 Å². The fourth-order valence-corrected chi connectivity index (χ4v) is 9.59. The molecule has 0 radical (unpaired) electrons. The first kappa shape index (κ1) is 36.8. The zero-order valence-corrected chi connectivity index (χ0v) is 35.0. The van der Waals surface area contributed by atoms with E-state index in [-0.39, 0.29) is 5.41 Å². The van der Waals surface area contributed by atoms with Crippen molar-refractivity contribution in [3.8, 4) is 67.5 Å². The minimum Gasteiger partial charge on any atom is -0.208 e. The van der Waals surface area contributed by atoms with Crippen molar-refractivity contribution in [2.24, 2.45) is 0 Å². The minimum atomic E-state index is 0.0468. The first-order chi connectivity index (χ1) is 29.8. The maximum Gasteiger partial charge on any atom is 0.164 e. The summed E-state index contributed by atoms with van der Waals surface area (Å²) in [4.78, 5) is 15.8. The van der Waals surface area contributed by atoms with Crippen LogP contribution in [-0.4, -0.2) is 15.0 Å². The number of fused-ring (bicyclic) bond motifs is 5. The van der Waals surface area contributed by atoms with Crippen molar-refractivity contribution >= 4 is 53.1 Å². The molecule has 0 unspecified atom stereocenters. The summed E-state index contributed by atoms with van der Waals surface area (Å²) in [5.41, 5.74) is 11.2. The van der Waals surface area contributed by atoms with E-state index in [0.29, 0.717) is 17.5 Å². The Morgan fingerprint density at radius 3 is 1.56 bits per heavy atom. The van der Waals surface area contributed by atoms with Gasteiger partial charge in [0, 0.05) is 36.9 Å². The third-order valence-electron chi connectivity index (χ3n) is 11.9. The highest BCUT2D eigenvalue weighted by Crippen LogP contribution is 2.39. The van der Waals surface area contributed by atoms with Gasteiger partial charge in [0.1, 0.15) is 0 Å². The molecule has 3 nitrogen and oxygen atoms in total. The maximum absolute atomic E-state index is 5.26. The largest absolute Gasteiger partial charge is 0.208 e. The molecule has 11 aromatic rings. The Morgan fingerprint density at radius 1 is 0.328 bits per heavy atom. The molecule has 4 heteroatoms. The van der Waals surface area contributed by atoms with Gasteiger partial charge in [-0.15, -0.1) is 11.3 Å². The van der Waals surface area contributed by atoms with E-state index in [1.54, 1.807) is 0 Å². The molecular weight excluding hydrogens is 759 g/mol. The van der Waals surface area contributed by atoms with E-state index in [9.17, 15) is 0 Å². The van der Waals surface area contributed by atoms with Crippen molar-refractivity contribution in [1.82, 2.24) is 15.0 Å². The molecule has 0 bridgehead atoms. The van der Waals surface area contributed by atoms with Gasteiger partial charge in [0.2, 0.25) is 0 Å². The first-order valence-electron chi connectivity index (χ1n) is 20.8. The summed E-state index contributed by atoms with van der Waals surface area (Å²) in [7, 11) is 0. The molecule has 0 aliphatic carbocycles. The van der Waals surface area contributed by atoms with E-state index in [4.69, 9.17) is 15.0 Å². The van der Waals surface area contributed by atoms with Gasteiger partial charge in [-0.25, -0.2) is 15.0 Å². The summed E-state index contributed by atoms with van der Waals surface area (Å²) in [6, 6.07) is 69.7. The van der Waals surface area contributed by atoms with Gasteiger partial charge in [0.05, 0.1) is 0 Å². The van der Waals surface area contributed by atoms with Gasteiger partial charge in [-0.1, -0.05) is 160 Å². The Kier molecular flexibility index (Phi) is 8.91. The predicted molar refractivity (Wildman–Crippen MR) is 259 cm³/mol. The van der Waals surface area contributed by atoms with E-state index in [2.05, 4.69) is 215 Å². The number of aromatic nitrogens is 3. The molecule has 0 spiro atoms. The molecule has 9 aromatic carbocycles. The summed E-state index contributed by atoms with van der Waals surface area (Å²) in [6.45, 7) is 6.82. The van der Waals surface area contributed by atoms with Crippen LogP contribution in [0.2, 0.25) is 0 Å². The molecule has 0 fully saturated rings. The van der Waals surface area contributed by atoms with Crippen molar-refractivity contribution in [2.75, 3.05) is 0 Å². The third-order valence-corrected chi connectivity index (χ3v) is 13.0. The second kappa shape index (κ2) is 14.8. The lowest BCUT2D eigenvalue weighted by Gasteiger charge is -2.18. The second-order valence-electron chi connectivity index (χ2n) is 16.9. The highest BCUT2D eigenvalue weighted by Gasteiger charge is 2.18. The molecule has 0 N–H and O–H groups in total.